The summed E-state index contributed by atoms with van der Waals surface area (Å²) in [5.41, 5.74) is 6.14. The molecule has 1 saturated carbocycles. The van der Waals surface area contributed by atoms with Crippen molar-refractivity contribution < 1.29 is 9.59 Å². The Balaban J connectivity index is 1.35. The monoisotopic (exact) mass is 479 g/mol. The lowest BCUT2D eigenvalue weighted by Gasteiger charge is -2.23. The summed E-state index contributed by atoms with van der Waals surface area (Å²) in [5, 5.41) is 0. The van der Waals surface area contributed by atoms with Crippen LogP contribution in [0.4, 0.5) is 5.69 Å². The van der Waals surface area contributed by atoms with E-state index in [1.807, 2.05) is 54.3 Å². The predicted molar refractivity (Wildman–Crippen MR) is 139 cm³/mol. The van der Waals surface area contributed by atoms with E-state index < -0.39 is 0 Å². The zero-order chi connectivity index (χ0) is 23.9. The van der Waals surface area contributed by atoms with E-state index in [1.165, 1.54) is 12.8 Å². The van der Waals surface area contributed by atoms with E-state index >= 15 is 0 Å². The highest BCUT2D eigenvalue weighted by Crippen LogP contribution is 2.43. The summed E-state index contributed by atoms with van der Waals surface area (Å²) in [6.07, 6.45) is 7.24. The number of fused-ring (bicyclic) bond motifs is 3. The minimum Gasteiger partial charge on any atom is -0.306 e. The first-order valence-electron chi connectivity index (χ1n) is 12.0. The topological polar surface area (TPSA) is 63.2 Å². The Hall–Kier alpha value is -3.64. The molecule has 1 aromatic carbocycles. The zero-order valence-corrected chi connectivity index (χ0v) is 20.3. The van der Waals surface area contributed by atoms with Gasteiger partial charge in [0.05, 0.1) is 16.3 Å². The number of aromatic nitrogens is 2. The normalized spacial score (nSPS) is 14.7. The number of anilines is 1. The number of hydrogen-bond acceptors (Lipinski definition) is 5. The van der Waals surface area contributed by atoms with Gasteiger partial charge < -0.3 is 4.90 Å². The van der Waals surface area contributed by atoms with Gasteiger partial charge in [-0.15, -0.1) is 11.3 Å². The first-order chi connectivity index (χ1) is 17.1. The molecule has 35 heavy (non-hydrogen) atoms. The molecule has 1 amide bonds. The fourth-order valence-electron chi connectivity index (χ4n) is 4.70. The molecule has 0 N–H and O–H groups in total. The van der Waals surface area contributed by atoms with Crippen molar-refractivity contribution in [2.75, 3.05) is 11.4 Å². The SMILES string of the molecule is Cc1ccncc1-c1cccc(C(=O)N2CCc3cc(C(=O)CC4CC4)sc3-c3ccccc32)n1. The van der Waals surface area contributed by atoms with Gasteiger partial charge in [-0.05, 0) is 73.6 Å². The molecule has 5 nitrogen and oxygen atoms in total. The molecule has 1 fully saturated rings. The third-order valence-corrected chi connectivity index (χ3v) is 8.08. The minimum absolute atomic E-state index is 0.124. The van der Waals surface area contributed by atoms with E-state index in [0.717, 1.165) is 43.4 Å². The maximum Gasteiger partial charge on any atom is 0.276 e. The van der Waals surface area contributed by atoms with Crippen LogP contribution in [0.25, 0.3) is 21.7 Å². The number of para-hydroxylation sites is 1. The van der Waals surface area contributed by atoms with Gasteiger partial charge >= 0.3 is 0 Å². The van der Waals surface area contributed by atoms with Crippen LogP contribution in [0.15, 0.2) is 67.0 Å². The molecular weight excluding hydrogens is 454 g/mol. The quantitative estimate of drug-likeness (QED) is 0.312. The molecule has 0 saturated heterocycles. The van der Waals surface area contributed by atoms with Crippen molar-refractivity contribution in [2.24, 2.45) is 5.92 Å². The number of pyridine rings is 2. The lowest BCUT2D eigenvalue weighted by molar-refractivity contribution is 0.0972. The minimum atomic E-state index is -0.124. The Bertz CT molecular complexity index is 1450. The molecule has 6 rings (SSSR count). The van der Waals surface area contributed by atoms with Gasteiger partial charge in [0.15, 0.2) is 5.78 Å². The summed E-state index contributed by atoms with van der Waals surface area (Å²) >= 11 is 1.57. The summed E-state index contributed by atoms with van der Waals surface area (Å²) in [4.78, 5) is 39.2. The van der Waals surface area contributed by atoms with Crippen molar-refractivity contribution in [1.29, 1.82) is 0 Å². The second-order valence-electron chi connectivity index (χ2n) is 9.36. The van der Waals surface area contributed by atoms with Gasteiger partial charge in [-0.3, -0.25) is 14.6 Å². The molecule has 0 atom stereocenters. The highest BCUT2D eigenvalue weighted by Gasteiger charge is 2.30. The molecule has 6 heteroatoms. The first kappa shape index (κ1) is 21.9. The van der Waals surface area contributed by atoms with E-state index in [1.54, 1.807) is 29.8 Å². The van der Waals surface area contributed by atoms with Gasteiger partial charge in [-0.25, -0.2) is 4.98 Å². The summed E-state index contributed by atoms with van der Waals surface area (Å²) in [6, 6.07) is 17.5. The van der Waals surface area contributed by atoms with Crippen molar-refractivity contribution in [2.45, 2.75) is 32.6 Å². The molecule has 0 spiro atoms. The fourth-order valence-corrected chi connectivity index (χ4v) is 5.90. The van der Waals surface area contributed by atoms with Crippen LogP contribution in [0.1, 0.15) is 50.5 Å². The number of thiophene rings is 1. The number of ketones is 1. The molecular formula is C29H25N3O2S. The summed E-state index contributed by atoms with van der Waals surface area (Å²) in [5.74, 6) is 0.701. The predicted octanol–water partition coefficient (Wildman–Crippen LogP) is 6.37. The van der Waals surface area contributed by atoms with Crippen LogP contribution in [-0.2, 0) is 6.42 Å². The van der Waals surface area contributed by atoms with E-state index in [0.29, 0.717) is 31.0 Å². The lowest BCUT2D eigenvalue weighted by Crippen LogP contribution is -2.33. The third kappa shape index (κ3) is 4.19. The number of amides is 1. The van der Waals surface area contributed by atoms with Gasteiger partial charge in [0.25, 0.3) is 5.91 Å². The van der Waals surface area contributed by atoms with Crippen molar-refractivity contribution in [3.8, 4) is 21.7 Å². The van der Waals surface area contributed by atoms with Crippen molar-refractivity contribution in [3.05, 3.63) is 88.7 Å². The largest absolute Gasteiger partial charge is 0.306 e. The zero-order valence-electron chi connectivity index (χ0n) is 19.5. The second kappa shape index (κ2) is 8.86. The molecule has 2 aliphatic rings. The summed E-state index contributed by atoms with van der Waals surface area (Å²) < 4.78 is 0. The van der Waals surface area contributed by atoms with E-state index in [4.69, 9.17) is 4.98 Å². The van der Waals surface area contributed by atoms with Crippen LogP contribution < -0.4 is 4.90 Å². The number of nitrogens with zero attached hydrogens (tertiary/aromatic N) is 3. The molecule has 4 heterocycles. The van der Waals surface area contributed by atoms with Crippen LogP contribution in [0.2, 0.25) is 0 Å². The third-order valence-electron chi connectivity index (χ3n) is 6.83. The van der Waals surface area contributed by atoms with Crippen LogP contribution in [0.5, 0.6) is 0 Å². The molecule has 0 bridgehead atoms. The van der Waals surface area contributed by atoms with Crippen LogP contribution in [-0.4, -0.2) is 28.2 Å². The maximum atomic E-state index is 13.8. The van der Waals surface area contributed by atoms with Crippen LogP contribution >= 0.6 is 11.3 Å². The number of aryl methyl sites for hydroxylation is 1. The number of carbonyl (C=O) groups excluding carboxylic acids is 2. The molecule has 1 aliphatic carbocycles. The molecule has 174 valence electrons. The van der Waals surface area contributed by atoms with Gasteiger partial charge in [-0.2, -0.15) is 0 Å². The Morgan fingerprint density at radius 2 is 1.91 bits per heavy atom. The Kier molecular flexibility index (Phi) is 5.53. The molecule has 0 radical (unpaired) electrons. The van der Waals surface area contributed by atoms with Crippen molar-refractivity contribution in [3.63, 3.8) is 0 Å². The summed E-state index contributed by atoms with van der Waals surface area (Å²) in [6.45, 7) is 2.55. The highest BCUT2D eigenvalue weighted by atomic mass is 32.1. The fraction of sp³-hybridized carbons (Fsp3) is 0.241. The van der Waals surface area contributed by atoms with E-state index in [9.17, 15) is 9.59 Å². The number of rotatable bonds is 5. The average Bonchev–Trinajstić information content (AvgIpc) is 3.62. The smallest absolute Gasteiger partial charge is 0.276 e. The molecule has 3 aromatic heterocycles. The number of benzene rings is 1. The summed E-state index contributed by atoms with van der Waals surface area (Å²) in [7, 11) is 0. The van der Waals surface area contributed by atoms with Gasteiger partial charge in [0.1, 0.15) is 5.69 Å². The molecule has 1 aliphatic heterocycles. The first-order valence-corrected chi connectivity index (χ1v) is 12.9. The van der Waals surface area contributed by atoms with Crippen LogP contribution in [0, 0.1) is 12.8 Å². The van der Waals surface area contributed by atoms with Gasteiger partial charge in [0, 0.05) is 41.4 Å². The average molecular weight is 480 g/mol. The standard InChI is InChI=1S/C29H25N3O2S/c1-18-11-13-30-17-22(18)23-6-4-7-24(31-23)29(34)32-14-12-20-16-27(26(33)15-19-9-10-19)35-28(20)21-5-2-3-8-25(21)32/h2-8,11,13,16-17,19H,9-10,12,14-15H2,1H3. The van der Waals surface area contributed by atoms with Crippen molar-refractivity contribution in [1.82, 2.24) is 9.97 Å². The van der Waals surface area contributed by atoms with E-state index in [-0.39, 0.29) is 11.7 Å². The molecule has 0 unspecified atom stereocenters. The maximum absolute atomic E-state index is 13.8. The van der Waals surface area contributed by atoms with Gasteiger partial charge in [0.2, 0.25) is 0 Å². The number of Topliss-reactive ketones (excluding diaryl/α,β-unsaturated/α-hetero) is 1. The lowest BCUT2D eigenvalue weighted by atomic mass is 10.1. The van der Waals surface area contributed by atoms with Crippen LogP contribution in [0.3, 0.4) is 0 Å². The highest BCUT2D eigenvalue weighted by molar-refractivity contribution is 7.17. The van der Waals surface area contributed by atoms with E-state index in [2.05, 4.69) is 11.1 Å². The number of hydrogen-bond donors (Lipinski definition) is 0. The Labute approximate surface area is 208 Å². The van der Waals surface area contributed by atoms with Crippen molar-refractivity contribution >= 4 is 28.7 Å². The second-order valence-corrected chi connectivity index (χ2v) is 10.4. The number of carbonyl (C=O) groups is 2. The Morgan fingerprint density at radius 1 is 1.06 bits per heavy atom. The molecule has 4 aromatic rings. The van der Waals surface area contributed by atoms with Gasteiger partial charge in [-0.1, -0.05) is 24.3 Å². The Morgan fingerprint density at radius 3 is 2.74 bits per heavy atom.